The molecule has 0 aliphatic carbocycles. The third-order valence-electron chi connectivity index (χ3n) is 5.02. The molecule has 7 nitrogen and oxygen atoms in total. The van der Waals surface area contributed by atoms with Crippen LogP contribution in [0, 0.1) is 25.2 Å². The number of ether oxygens (including phenoxy) is 1. The van der Waals surface area contributed by atoms with Crippen LogP contribution in [0.25, 0.3) is 6.08 Å². The van der Waals surface area contributed by atoms with E-state index in [0.29, 0.717) is 16.3 Å². The van der Waals surface area contributed by atoms with Gasteiger partial charge in [-0.3, -0.25) is 4.79 Å². The van der Waals surface area contributed by atoms with Crippen LogP contribution in [-0.4, -0.2) is 31.6 Å². The zero-order valence-corrected chi connectivity index (χ0v) is 18.2. The Labute approximate surface area is 179 Å². The number of hydrogen-bond donors (Lipinski definition) is 1. The van der Waals surface area contributed by atoms with E-state index in [4.69, 9.17) is 9.15 Å². The highest BCUT2D eigenvalue weighted by Crippen LogP contribution is 2.33. The lowest BCUT2D eigenvalue weighted by Gasteiger charge is -2.25. The summed E-state index contributed by atoms with van der Waals surface area (Å²) in [4.78, 5) is 28.1. The van der Waals surface area contributed by atoms with Gasteiger partial charge in [0.05, 0.1) is 12.2 Å². The fourth-order valence-corrected chi connectivity index (χ4v) is 4.37. The van der Waals surface area contributed by atoms with Crippen molar-refractivity contribution in [2.45, 2.75) is 40.0 Å². The Kier molecular flexibility index (Phi) is 6.95. The number of aryl methyl sites for hydroxylation is 1. The van der Waals surface area contributed by atoms with E-state index in [9.17, 15) is 14.9 Å². The number of anilines is 2. The molecule has 1 aliphatic rings. The number of nitrogens with one attached hydrogen (secondary N) is 1. The van der Waals surface area contributed by atoms with Gasteiger partial charge >= 0.3 is 5.97 Å². The second kappa shape index (κ2) is 9.63. The summed E-state index contributed by atoms with van der Waals surface area (Å²) < 4.78 is 10.9. The van der Waals surface area contributed by atoms with Gasteiger partial charge in [-0.25, -0.2) is 4.79 Å². The molecule has 3 rings (SSSR count). The fourth-order valence-electron chi connectivity index (χ4n) is 3.33. The maximum Gasteiger partial charge on any atom is 0.341 e. The highest BCUT2D eigenvalue weighted by atomic mass is 32.1. The Hall–Kier alpha value is -3.05. The monoisotopic (exact) mass is 427 g/mol. The quantitative estimate of drug-likeness (QED) is 0.409. The molecule has 0 saturated carbocycles. The van der Waals surface area contributed by atoms with E-state index in [-0.39, 0.29) is 12.2 Å². The molecule has 8 heteroatoms. The lowest BCUT2D eigenvalue weighted by molar-refractivity contribution is -0.112. The number of rotatable bonds is 6. The first-order chi connectivity index (χ1) is 14.4. The van der Waals surface area contributed by atoms with Gasteiger partial charge in [0.15, 0.2) is 5.88 Å². The van der Waals surface area contributed by atoms with Gasteiger partial charge in [0, 0.05) is 30.1 Å². The molecule has 0 aromatic carbocycles. The molecule has 1 fully saturated rings. The molecule has 0 spiro atoms. The first-order valence-corrected chi connectivity index (χ1v) is 10.8. The Bertz CT molecular complexity index is 1010. The standard InChI is InChI=1S/C22H25N3O4S/c1-4-28-22(27)19-14(2)15(3)30-21(19)24-20(26)16(13-23)12-17-8-9-18(29-17)25-10-6-5-7-11-25/h8-9,12H,4-7,10-11H2,1-3H3,(H,24,26). The molecule has 1 amide bonds. The molecule has 2 aromatic rings. The van der Waals surface area contributed by atoms with Crippen molar-refractivity contribution in [2.24, 2.45) is 0 Å². The zero-order valence-electron chi connectivity index (χ0n) is 17.4. The third-order valence-corrected chi connectivity index (χ3v) is 6.15. The third kappa shape index (κ3) is 4.74. The number of nitrogens with zero attached hydrogens (tertiary/aromatic N) is 2. The van der Waals surface area contributed by atoms with E-state index in [1.807, 2.05) is 19.1 Å². The Morgan fingerprint density at radius 2 is 2.03 bits per heavy atom. The van der Waals surface area contributed by atoms with Crippen molar-refractivity contribution in [3.8, 4) is 6.07 Å². The van der Waals surface area contributed by atoms with Gasteiger partial charge in [-0.15, -0.1) is 11.3 Å². The van der Waals surface area contributed by atoms with E-state index < -0.39 is 11.9 Å². The summed E-state index contributed by atoms with van der Waals surface area (Å²) in [6.45, 7) is 7.51. The second-order valence-corrected chi connectivity index (χ2v) is 8.28. The lowest BCUT2D eigenvalue weighted by Crippen LogP contribution is -2.28. The van der Waals surface area contributed by atoms with Crippen LogP contribution in [0.15, 0.2) is 22.1 Å². The van der Waals surface area contributed by atoms with E-state index in [2.05, 4.69) is 10.2 Å². The van der Waals surface area contributed by atoms with Crippen LogP contribution in [0.2, 0.25) is 0 Å². The minimum Gasteiger partial charge on any atom is -0.462 e. The SMILES string of the molecule is CCOC(=O)c1c(NC(=O)C(C#N)=Cc2ccc(N3CCCCC3)o2)sc(C)c1C. The minimum absolute atomic E-state index is 0.104. The van der Waals surface area contributed by atoms with Crippen LogP contribution in [0.5, 0.6) is 0 Å². The molecule has 158 valence electrons. The number of hydrogen-bond acceptors (Lipinski definition) is 7. The van der Waals surface area contributed by atoms with E-state index in [1.165, 1.54) is 23.8 Å². The van der Waals surface area contributed by atoms with Crippen molar-refractivity contribution in [3.63, 3.8) is 0 Å². The summed E-state index contributed by atoms with van der Waals surface area (Å²) in [6, 6.07) is 5.52. The van der Waals surface area contributed by atoms with Crippen LogP contribution in [0.3, 0.4) is 0 Å². The van der Waals surface area contributed by atoms with Crippen molar-refractivity contribution in [3.05, 3.63) is 39.5 Å². The van der Waals surface area contributed by atoms with Crippen molar-refractivity contribution in [1.29, 1.82) is 5.26 Å². The summed E-state index contributed by atoms with van der Waals surface area (Å²) >= 11 is 1.28. The molecule has 0 unspecified atom stereocenters. The number of esters is 1. The topological polar surface area (TPSA) is 95.6 Å². The molecule has 2 aromatic heterocycles. The smallest absolute Gasteiger partial charge is 0.341 e. The molecular weight excluding hydrogens is 402 g/mol. The summed E-state index contributed by atoms with van der Waals surface area (Å²) in [5.41, 5.74) is 0.983. The number of amides is 1. The van der Waals surface area contributed by atoms with Gasteiger partial charge < -0.3 is 19.4 Å². The number of carbonyl (C=O) groups excluding carboxylic acids is 2. The van der Waals surface area contributed by atoms with Crippen LogP contribution >= 0.6 is 11.3 Å². The van der Waals surface area contributed by atoms with Crippen LogP contribution < -0.4 is 10.2 Å². The molecule has 1 saturated heterocycles. The van der Waals surface area contributed by atoms with Crippen LogP contribution in [0.1, 0.15) is 52.7 Å². The predicted molar refractivity (Wildman–Crippen MR) is 117 cm³/mol. The molecule has 0 atom stereocenters. The van der Waals surface area contributed by atoms with Gasteiger partial charge in [0.2, 0.25) is 0 Å². The van der Waals surface area contributed by atoms with E-state index >= 15 is 0 Å². The average molecular weight is 428 g/mol. The summed E-state index contributed by atoms with van der Waals surface area (Å²) in [6.07, 6.45) is 4.89. The largest absolute Gasteiger partial charge is 0.462 e. The first-order valence-electron chi connectivity index (χ1n) is 9.99. The number of furan rings is 1. The molecular formula is C22H25N3O4S. The maximum atomic E-state index is 12.7. The fraction of sp³-hybridized carbons (Fsp3) is 0.409. The van der Waals surface area contributed by atoms with Gasteiger partial charge in [0.1, 0.15) is 22.4 Å². The molecule has 1 N–H and O–H groups in total. The Morgan fingerprint density at radius 1 is 1.30 bits per heavy atom. The zero-order chi connectivity index (χ0) is 21.7. The van der Waals surface area contributed by atoms with Crippen molar-refractivity contribution < 1.29 is 18.7 Å². The maximum absolute atomic E-state index is 12.7. The highest BCUT2D eigenvalue weighted by molar-refractivity contribution is 7.16. The molecule has 0 radical (unpaired) electrons. The number of nitriles is 1. The van der Waals surface area contributed by atoms with Crippen molar-refractivity contribution in [1.82, 2.24) is 0 Å². The Morgan fingerprint density at radius 3 is 2.70 bits per heavy atom. The number of thiophene rings is 1. The van der Waals surface area contributed by atoms with E-state index in [0.717, 1.165) is 42.3 Å². The number of piperidine rings is 1. The normalized spacial score (nSPS) is 14.3. The summed E-state index contributed by atoms with van der Waals surface area (Å²) in [5.74, 6) is 0.0914. The van der Waals surface area contributed by atoms with Gasteiger partial charge in [0.25, 0.3) is 5.91 Å². The van der Waals surface area contributed by atoms with Gasteiger partial charge in [-0.2, -0.15) is 5.26 Å². The molecule has 0 bridgehead atoms. The van der Waals surface area contributed by atoms with Crippen molar-refractivity contribution >= 4 is 40.2 Å². The van der Waals surface area contributed by atoms with Crippen LogP contribution in [0.4, 0.5) is 10.9 Å². The van der Waals surface area contributed by atoms with Gasteiger partial charge in [-0.05, 0) is 51.7 Å². The summed E-state index contributed by atoms with van der Waals surface area (Å²) in [5, 5.41) is 12.6. The van der Waals surface area contributed by atoms with Gasteiger partial charge in [-0.1, -0.05) is 0 Å². The second-order valence-electron chi connectivity index (χ2n) is 7.06. The van der Waals surface area contributed by atoms with E-state index in [1.54, 1.807) is 19.9 Å². The predicted octanol–water partition coefficient (Wildman–Crippen LogP) is 4.67. The molecule has 1 aliphatic heterocycles. The highest BCUT2D eigenvalue weighted by Gasteiger charge is 2.23. The minimum atomic E-state index is -0.597. The molecule has 30 heavy (non-hydrogen) atoms. The summed E-state index contributed by atoms with van der Waals surface area (Å²) in [7, 11) is 0. The Balaban J connectivity index is 1.79. The lowest BCUT2D eigenvalue weighted by atomic mass is 10.1. The first kappa shape index (κ1) is 21.7. The average Bonchev–Trinajstić information content (AvgIpc) is 3.31. The van der Waals surface area contributed by atoms with Crippen LogP contribution in [-0.2, 0) is 9.53 Å². The number of carbonyl (C=O) groups is 2. The van der Waals surface area contributed by atoms with Crippen molar-refractivity contribution in [2.75, 3.05) is 29.9 Å². The molecule has 3 heterocycles.